The first-order valence-corrected chi connectivity index (χ1v) is 8.17. The fourth-order valence-electron chi connectivity index (χ4n) is 3.93. The van der Waals surface area contributed by atoms with Gasteiger partial charge in [0, 0.05) is 12.6 Å². The SMILES string of the molecule is CCNC(CO)(CN(C)C1CCCC(C)C1)C1CC1. The van der Waals surface area contributed by atoms with Crippen LogP contribution in [0.4, 0.5) is 0 Å². The van der Waals surface area contributed by atoms with Gasteiger partial charge >= 0.3 is 0 Å². The molecule has 2 rings (SSSR count). The van der Waals surface area contributed by atoms with Crippen LogP contribution in [0.2, 0.25) is 0 Å². The van der Waals surface area contributed by atoms with Crippen molar-refractivity contribution in [1.29, 1.82) is 0 Å². The molecule has 2 saturated carbocycles. The summed E-state index contributed by atoms with van der Waals surface area (Å²) < 4.78 is 0. The van der Waals surface area contributed by atoms with Crippen molar-refractivity contribution in [1.82, 2.24) is 10.2 Å². The minimum Gasteiger partial charge on any atom is -0.394 e. The molecule has 0 heterocycles. The van der Waals surface area contributed by atoms with E-state index in [1.54, 1.807) is 0 Å². The number of nitrogens with zero attached hydrogens (tertiary/aromatic N) is 1. The van der Waals surface area contributed by atoms with Gasteiger partial charge in [-0.25, -0.2) is 0 Å². The van der Waals surface area contributed by atoms with E-state index in [1.807, 2.05) is 0 Å². The largest absolute Gasteiger partial charge is 0.394 e. The first-order chi connectivity index (χ1) is 9.11. The second-order valence-electron chi connectivity index (χ2n) is 6.96. The summed E-state index contributed by atoms with van der Waals surface area (Å²) >= 11 is 0. The molecule has 0 aromatic rings. The van der Waals surface area contributed by atoms with Crippen molar-refractivity contribution < 1.29 is 5.11 Å². The molecule has 2 aliphatic rings. The molecule has 0 saturated heterocycles. The van der Waals surface area contributed by atoms with Crippen molar-refractivity contribution in [3.63, 3.8) is 0 Å². The average Bonchev–Trinajstić information content (AvgIpc) is 3.22. The molecule has 0 amide bonds. The van der Waals surface area contributed by atoms with Gasteiger partial charge in [0.05, 0.1) is 12.1 Å². The summed E-state index contributed by atoms with van der Waals surface area (Å²) in [6.45, 7) is 6.75. The van der Waals surface area contributed by atoms with Gasteiger partial charge in [0.15, 0.2) is 0 Å². The van der Waals surface area contributed by atoms with Crippen LogP contribution in [-0.4, -0.2) is 48.3 Å². The number of likely N-dealkylation sites (N-methyl/N-ethyl adjacent to an activating group) is 2. The molecule has 0 aliphatic heterocycles. The summed E-state index contributed by atoms with van der Waals surface area (Å²) in [5.74, 6) is 1.55. The zero-order valence-electron chi connectivity index (χ0n) is 13.0. The zero-order chi connectivity index (χ0) is 13.9. The van der Waals surface area contributed by atoms with Gasteiger partial charge in [0.2, 0.25) is 0 Å². The second kappa shape index (κ2) is 6.55. The van der Waals surface area contributed by atoms with Crippen LogP contribution in [0, 0.1) is 11.8 Å². The number of hydrogen-bond donors (Lipinski definition) is 2. The van der Waals surface area contributed by atoms with E-state index >= 15 is 0 Å². The Balaban J connectivity index is 1.95. The smallest absolute Gasteiger partial charge is 0.0628 e. The number of aliphatic hydroxyl groups excluding tert-OH is 1. The third kappa shape index (κ3) is 3.71. The van der Waals surface area contributed by atoms with Gasteiger partial charge in [0.1, 0.15) is 0 Å². The van der Waals surface area contributed by atoms with Crippen LogP contribution < -0.4 is 5.32 Å². The zero-order valence-corrected chi connectivity index (χ0v) is 13.0. The lowest BCUT2D eigenvalue weighted by atomic mass is 9.85. The van der Waals surface area contributed by atoms with Crippen molar-refractivity contribution >= 4 is 0 Å². The monoisotopic (exact) mass is 268 g/mol. The Morgan fingerprint density at radius 2 is 2.00 bits per heavy atom. The lowest BCUT2D eigenvalue weighted by Crippen LogP contribution is -2.59. The number of rotatable bonds is 7. The Bertz CT molecular complexity index is 280. The Morgan fingerprint density at radius 3 is 2.53 bits per heavy atom. The molecular formula is C16H32N2O. The second-order valence-corrected chi connectivity index (χ2v) is 6.96. The molecule has 0 aromatic carbocycles. The quantitative estimate of drug-likeness (QED) is 0.743. The summed E-state index contributed by atoms with van der Waals surface area (Å²) in [5.41, 5.74) is -0.0514. The predicted molar refractivity (Wildman–Crippen MR) is 80.3 cm³/mol. The molecule has 3 heteroatoms. The first kappa shape index (κ1) is 15.3. The highest BCUT2D eigenvalue weighted by atomic mass is 16.3. The van der Waals surface area contributed by atoms with Crippen molar-refractivity contribution in [3.05, 3.63) is 0 Å². The van der Waals surface area contributed by atoms with Gasteiger partial charge in [-0.3, -0.25) is 0 Å². The molecule has 2 N–H and O–H groups in total. The van der Waals surface area contributed by atoms with Gasteiger partial charge in [-0.2, -0.15) is 0 Å². The van der Waals surface area contributed by atoms with E-state index < -0.39 is 0 Å². The van der Waals surface area contributed by atoms with Gasteiger partial charge in [-0.15, -0.1) is 0 Å². The Morgan fingerprint density at radius 1 is 1.26 bits per heavy atom. The van der Waals surface area contributed by atoms with Gasteiger partial charge < -0.3 is 15.3 Å². The van der Waals surface area contributed by atoms with Gasteiger partial charge in [-0.05, 0) is 51.1 Å². The van der Waals surface area contributed by atoms with E-state index in [4.69, 9.17) is 0 Å². The first-order valence-electron chi connectivity index (χ1n) is 8.17. The van der Waals surface area contributed by atoms with Crippen LogP contribution in [0.3, 0.4) is 0 Å². The maximum atomic E-state index is 9.93. The molecule has 2 fully saturated rings. The summed E-state index contributed by atoms with van der Waals surface area (Å²) in [7, 11) is 2.26. The van der Waals surface area contributed by atoms with Crippen molar-refractivity contribution in [2.24, 2.45) is 11.8 Å². The van der Waals surface area contributed by atoms with E-state index in [0.717, 1.165) is 19.0 Å². The van der Waals surface area contributed by atoms with Crippen molar-refractivity contribution in [2.75, 3.05) is 26.7 Å². The molecule has 112 valence electrons. The molecule has 0 spiro atoms. The summed E-state index contributed by atoms with van der Waals surface area (Å²) in [4.78, 5) is 2.52. The van der Waals surface area contributed by atoms with Crippen LogP contribution in [0.5, 0.6) is 0 Å². The minimum absolute atomic E-state index is 0.0514. The maximum Gasteiger partial charge on any atom is 0.0628 e. The number of hydrogen-bond acceptors (Lipinski definition) is 3. The van der Waals surface area contributed by atoms with Crippen molar-refractivity contribution in [3.8, 4) is 0 Å². The van der Waals surface area contributed by atoms with Crippen LogP contribution >= 0.6 is 0 Å². The molecule has 19 heavy (non-hydrogen) atoms. The Kier molecular flexibility index (Phi) is 5.27. The van der Waals surface area contributed by atoms with E-state index in [2.05, 4.69) is 31.1 Å². The molecular weight excluding hydrogens is 236 g/mol. The third-order valence-electron chi connectivity index (χ3n) is 5.23. The Hall–Kier alpha value is -0.120. The third-order valence-corrected chi connectivity index (χ3v) is 5.23. The molecule has 3 unspecified atom stereocenters. The van der Waals surface area contributed by atoms with E-state index in [9.17, 15) is 5.11 Å². The lowest BCUT2D eigenvalue weighted by molar-refractivity contribution is 0.0689. The minimum atomic E-state index is -0.0514. The van der Waals surface area contributed by atoms with E-state index in [-0.39, 0.29) is 12.1 Å². The van der Waals surface area contributed by atoms with Crippen LogP contribution in [0.1, 0.15) is 52.4 Å². The fourth-order valence-corrected chi connectivity index (χ4v) is 3.93. The van der Waals surface area contributed by atoms with Crippen LogP contribution in [-0.2, 0) is 0 Å². The average molecular weight is 268 g/mol. The molecule has 2 aliphatic carbocycles. The highest BCUT2D eigenvalue weighted by molar-refractivity contribution is 5.03. The highest BCUT2D eigenvalue weighted by Crippen LogP contribution is 2.40. The summed E-state index contributed by atoms with van der Waals surface area (Å²) in [6.07, 6.45) is 7.98. The maximum absolute atomic E-state index is 9.93. The Labute approximate surface area is 118 Å². The van der Waals surface area contributed by atoms with Gasteiger partial charge in [-0.1, -0.05) is 26.7 Å². The fraction of sp³-hybridized carbons (Fsp3) is 1.00. The lowest BCUT2D eigenvalue weighted by Gasteiger charge is -2.42. The summed E-state index contributed by atoms with van der Waals surface area (Å²) in [5, 5.41) is 13.5. The van der Waals surface area contributed by atoms with Crippen LogP contribution in [0.15, 0.2) is 0 Å². The van der Waals surface area contributed by atoms with Gasteiger partial charge in [0.25, 0.3) is 0 Å². The highest BCUT2D eigenvalue weighted by Gasteiger charge is 2.45. The predicted octanol–water partition coefficient (Wildman–Crippen LogP) is 2.25. The van der Waals surface area contributed by atoms with E-state index in [1.165, 1.54) is 38.5 Å². The molecule has 0 radical (unpaired) electrons. The normalized spacial score (nSPS) is 31.4. The van der Waals surface area contributed by atoms with E-state index in [0.29, 0.717) is 12.0 Å². The molecule has 3 atom stereocenters. The van der Waals surface area contributed by atoms with Crippen molar-refractivity contribution in [2.45, 2.75) is 64.0 Å². The number of aliphatic hydroxyl groups is 1. The standard InChI is InChI=1S/C16H32N2O/c1-4-17-16(12-19,14-8-9-14)11-18(3)15-7-5-6-13(2)10-15/h13-15,17,19H,4-12H2,1-3H3. The molecule has 0 bridgehead atoms. The topological polar surface area (TPSA) is 35.5 Å². The summed E-state index contributed by atoms with van der Waals surface area (Å²) in [6, 6.07) is 0.715. The van der Waals surface area contributed by atoms with Crippen LogP contribution in [0.25, 0.3) is 0 Å². The molecule has 3 nitrogen and oxygen atoms in total. The molecule has 0 aromatic heterocycles. The number of nitrogens with one attached hydrogen (secondary N) is 1.